The minimum atomic E-state index is 0.297. The zero-order valence-corrected chi connectivity index (χ0v) is 27.9. The average molecular weight is 675 g/mol. The molecule has 6 aromatic rings. The van der Waals surface area contributed by atoms with E-state index in [0.29, 0.717) is 28.3 Å². The zero-order chi connectivity index (χ0) is 31.4. The second-order valence-electron chi connectivity index (χ2n) is 14.2. The molecule has 4 heteroatoms. The van der Waals surface area contributed by atoms with Gasteiger partial charge in [-0.3, -0.25) is 0 Å². The summed E-state index contributed by atoms with van der Waals surface area (Å²) in [6.07, 6.45) is 8.11. The van der Waals surface area contributed by atoms with Crippen LogP contribution in [0.5, 0.6) is 0 Å². The first-order valence-corrected chi connectivity index (χ1v) is 17.7. The van der Waals surface area contributed by atoms with Gasteiger partial charge in [-0.1, -0.05) is 137 Å². The Hall–Kier alpha value is -4.41. The molecule has 0 amide bonds. The Morgan fingerprint density at radius 2 is 0.787 bits per heavy atom. The van der Waals surface area contributed by atoms with Crippen LogP contribution in [-0.4, -0.2) is 15.0 Å². The van der Waals surface area contributed by atoms with Gasteiger partial charge in [0.15, 0.2) is 17.5 Å². The Balaban J connectivity index is 1.01. The van der Waals surface area contributed by atoms with Gasteiger partial charge in [-0.2, -0.15) is 0 Å². The van der Waals surface area contributed by atoms with E-state index in [4.69, 9.17) is 15.0 Å². The lowest BCUT2D eigenvalue weighted by molar-refractivity contribution is -0.0281. The highest BCUT2D eigenvalue weighted by Gasteiger charge is 2.58. The Morgan fingerprint density at radius 1 is 0.426 bits per heavy atom. The summed E-state index contributed by atoms with van der Waals surface area (Å²) in [7, 11) is 0. The topological polar surface area (TPSA) is 38.7 Å². The molecular formula is C43H36BrN3. The Kier molecular flexibility index (Phi) is 6.97. The fraction of sp³-hybridized carbons (Fsp3) is 0.233. The fourth-order valence-electron chi connectivity index (χ4n) is 9.51. The summed E-state index contributed by atoms with van der Waals surface area (Å²) in [5.41, 5.74) is 9.12. The van der Waals surface area contributed by atoms with E-state index in [-0.39, 0.29) is 0 Å². The van der Waals surface area contributed by atoms with Crippen LogP contribution in [0, 0.1) is 11.8 Å². The molecule has 5 aromatic carbocycles. The van der Waals surface area contributed by atoms with E-state index in [9.17, 15) is 0 Å². The zero-order valence-electron chi connectivity index (χ0n) is 26.3. The van der Waals surface area contributed by atoms with Gasteiger partial charge in [0.05, 0.1) is 0 Å². The first-order valence-electron chi connectivity index (χ1n) is 16.9. The maximum absolute atomic E-state index is 4.91. The predicted octanol–water partition coefficient (Wildman–Crippen LogP) is 11.1. The van der Waals surface area contributed by atoms with Crippen molar-refractivity contribution >= 4 is 15.9 Å². The van der Waals surface area contributed by atoms with Gasteiger partial charge in [0.2, 0.25) is 0 Å². The molecule has 4 fully saturated rings. The summed E-state index contributed by atoms with van der Waals surface area (Å²) >= 11 is 3.66. The molecule has 1 aromatic heterocycles. The highest BCUT2D eigenvalue weighted by molar-refractivity contribution is 9.10. The Labute approximate surface area is 285 Å². The third-order valence-corrected chi connectivity index (χ3v) is 11.7. The van der Waals surface area contributed by atoms with Gasteiger partial charge in [0.25, 0.3) is 0 Å². The molecule has 0 spiro atoms. The molecule has 0 saturated heterocycles. The molecule has 4 aliphatic rings. The van der Waals surface area contributed by atoms with Crippen LogP contribution in [0.25, 0.3) is 45.3 Å². The number of nitrogens with zero attached hydrogens (tertiary/aromatic N) is 3. The van der Waals surface area contributed by atoms with Crippen molar-refractivity contribution in [3.63, 3.8) is 0 Å². The second kappa shape index (κ2) is 11.4. The van der Waals surface area contributed by atoms with Crippen molar-refractivity contribution in [1.29, 1.82) is 0 Å². The smallest absolute Gasteiger partial charge is 0.164 e. The van der Waals surface area contributed by atoms with Gasteiger partial charge < -0.3 is 0 Å². The first-order chi connectivity index (χ1) is 23.0. The Bertz CT molecular complexity index is 1970. The minimum Gasteiger partial charge on any atom is -0.208 e. The van der Waals surface area contributed by atoms with Crippen LogP contribution in [0.4, 0.5) is 0 Å². The van der Waals surface area contributed by atoms with Gasteiger partial charge in [0, 0.05) is 21.2 Å². The number of halogens is 1. The highest BCUT2D eigenvalue weighted by Crippen LogP contribution is 2.66. The van der Waals surface area contributed by atoms with Crippen molar-refractivity contribution in [1.82, 2.24) is 15.0 Å². The quantitative estimate of drug-likeness (QED) is 0.177. The van der Waals surface area contributed by atoms with E-state index in [1.165, 1.54) is 54.1 Å². The molecule has 4 saturated carbocycles. The SMILES string of the molecule is Brc1ccc(C23CC4CC(C2)CC(c2ccc(-c5ccc(-c6nc(-c7ccccc7)nc(-c7ccccc7)n6)cc5)cc2)(C4)C3)cc1. The lowest BCUT2D eigenvalue weighted by Crippen LogP contribution is -2.55. The molecular weight excluding hydrogens is 638 g/mol. The molecule has 4 bridgehead atoms. The lowest BCUT2D eigenvalue weighted by Gasteiger charge is -2.63. The van der Waals surface area contributed by atoms with Gasteiger partial charge in [-0.25, -0.2) is 15.0 Å². The molecule has 4 aliphatic carbocycles. The van der Waals surface area contributed by atoms with E-state index < -0.39 is 0 Å². The summed E-state index contributed by atoms with van der Waals surface area (Å²) in [5.74, 6) is 3.72. The summed E-state index contributed by atoms with van der Waals surface area (Å²) in [6.45, 7) is 0. The van der Waals surface area contributed by atoms with Crippen molar-refractivity contribution in [3.05, 3.63) is 149 Å². The number of rotatable bonds is 6. The van der Waals surface area contributed by atoms with Crippen molar-refractivity contribution in [2.45, 2.75) is 49.4 Å². The summed E-state index contributed by atoms with van der Waals surface area (Å²) < 4.78 is 1.17. The predicted molar refractivity (Wildman–Crippen MR) is 194 cm³/mol. The molecule has 2 atom stereocenters. The fourth-order valence-corrected chi connectivity index (χ4v) is 9.77. The van der Waals surface area contributed by atoms with Gasteiger partial charge in [0.1, 0.15) is 0 Å². The minimum absolute atomic E-state index is 0.297. The van der Waals surface area contributed by atoms with Crippen LogP contribution < -0.4 is 0 Å². The van der Waals surface area contributed by atoms with E-state index in [1.54, 1.807) is 11.1 Å². The number of hydrogen-bond acceptors (Lipinski definition) is 3. The van der Waals surface area contributed by atoms with Crippen LogP contribution in [-0.2, 0) is 10.8 Å². The van der Waals surface area contributed by atoms with Crippen molar-refractivity contribution in [2.24, 2.45) is 11.8 Å². The van der Waals surface area contributed by atoms with Gasteiger partial charge in [-0.05, 0) is 95.6 Å². The summed E-state index contributed by atoms with van der Waals surface area (Å²) in [4.78, 5) is 14.7. The second-order valence-corrected chi connectivity index (χ2v) is 15.1. The largest absolute Gasteiger partial charge is 0.208 e. The molecule has 47 heavy (non-hydrogen) atoms. The highest BCUT2D eigenvalue weighted by atomic mass is 79.9. The lowest BCUT2D eigenvalue weighted by atomic mass is 9.42. The monoisotopic (exact) mass is 673 g/mol. The van der Waals surface area contributed by atoms with E-state index in [2.05, 4.69) is 88.7 Å². The van der Waals surface area contributed by atoms with E-state index in [0.717, 1.165) is 28.5 Å². The molecule has 3 nitrogen and oxygen atoms in total. The maximum atomic E-state index is 4.91. The number of benzene rings is 5. The first kappa shape index (κ1) is 28.8. The number of hydrogen-bond donors (Lipinski definition) is 0. The Morgan fingerprint density at radius 3 is 1.23 bits per heavy atom. The molecule has 10 rings (SSSR count). The van der Waals surface area contributed by atoms with Crippen LogP contribution in [0.3, 0.4) is 0 Å². The number of aromatic nitrogens is 3. The van der Waals surface area contributed by atoms with Crippen LogP contribution in [0.15, 0.2) is 138 Å². The van der Waals surface area contributed by atoms with Gasteiger partial charge >= 0.3 is 0 Å². The van der Waals surface area contributed by atoms with Crippen LogP contribution >= 0.6 is 15.9 Å². The van der Waals surface area contributed by atoms with Crippen molar-refractivity contribution in [3.8, 4) is 45.3 Å². The molecule has 230 valence electrons. The summed E-state index contributed by atoms with van der Waals surface area (Å²) in [6, 6.07) is 47.8. The van der Waals surface area contributed by atoms with E-state index >= 15 is 0 Å². The molecule has 0 aliphatic heterocycles. The summed E-state index contributed by atoms with van der Waals surface area (Å²) in [5, 5.41) is 0. The molecule has 1 heterocycles. The van der Waals surface area contributed by atoms with Crippen molar-refractivity contribution in [2.75, 3.05) is 0 Å². The van der Waals surface area contributed by atoms with Crippen LogP contribution in [0.1, 0.15) is 49.7 Å². The maximum Gasteiger partial charge on any atom is 0.164 e. The van der Waals surface area contributed by atoms with Crippen molar-refractivity contribution < 1.29 is 0 Å². The third kappa shape index (κ3) is 5.23. The average Bonchev–Trinajstić information content (AvgIpc) is 3.12. The standard InChI is InChI=1S/C43H36BrN3/c44-38-21-19-37(20-22-38)43-26-29-23-30(27-43)25-42(24-29,28-43)36-17-15-32(16-18-36)31-11-13-35(14-12-31)41-46-39(33-7-3-1-4-8-33)45-40(47-41)34-9-5-2-6-10-34/h1-22,29-30H,23-28H2. The molecule has 0 N–H and O–H groups in total. The van der Waals surface area contributed by atoms with Crippen LogP contribution in [0.2, 0.25) is 0 Å². The van der Waals surface area contributed by atoms with Gasteiger partial charge in [-0.15, -0.1) is 0 Å². The van der Waals surface area contributed by atoms with E-state index in [1.807, 2.05) is 60.7 Å². The molecule has 2 unspecified atom stereocenters. The molecule has 0 radical (unpaired) electrons. The normalized spacial score (nSPS) is 24.4. The third-order valence-electron chi connectivity index (χ3n) is 11.2.